The Hall–Kier alpha value is -0.980. The molecule has 18 heavy (non-hydrogen) atoms. The van der Waals surface area contributed by atoms with Crippen LogP contribution in [0.1, 0.15) is 0 Å². The minimum atomic E-state index is -4.39. The van der Waals surface area contributed by atoms with Crippen molar-refractivity contribution < 1.29 is 22.6 Å². The third-order valence-electron chi connectivity index (χ3n) is 2.41. The van der Waals surface area contributed by atoms with Crippen LogP contribution in [0.15, 0.2) is 24.3 Å². The van der Waals surface area contributed by atoms with Gasteiger partial charge >= 0.3 is 6.18 Å². The number of hydrogen-bond donors (Lipinski definition) is 1. The molecule has 1 heterocycles. The predicted octanol–water partition coefficient (Wildman–Crippen LogP) is 2.60. The predicted molar refractivity (Wildman–Crippen MR) is 59.7 cm³/mol. The van der Waals surface area contributed by atoms with Gasteiger partial charge in [0.25, 0.3) is 0 Å². The summed E-state index contributed by atoms with van der Waals surface area (Å²) in [5.74, 6) is 0.540. The highest BCUT2D eigenvalue weighted by atomic mass is 35.5. The van der Waals surface area contributed by atoms with E-state index in [9.17, 15) is 13.2 Å². The summed E-state index contributed by atoms with van der Waals surface area (Å²) >= 11 is 5.69. The lowest BCUT2D eigenvalue weighted by Gasteiger charge is -2.15. The van der Waals surface area contributed by atoms with E-state index in [1.54, 1.807) is 24.3 Å². The average Bonchev–Trinajstić information content (AvgIpc) is 2.77. The largest absolute Gasteiger partial charge is 0.491 e. The second-order valence-corrected chi connectivity index (χ2v) is 4.29. The van der Waals surface area contributed by atoms with Gasteiger partial charge in [-0.25, -0.2) is 0 Å². The maximum absolute atomic E-state index is 12.3. The summed E-state index contributed by atoms with van der Waals surface area (Å²) < 4.78 is 47.0. The van der Waals surface area contributed by atoms with Gasteiger partial charge in [-0.2, -0.15) is 13.2 Å². The number of hydrogen-bond acceptors (Lipinski definition) is 3. The molecule has 2 atom stereocenters. The Morgan fingerprint density at radius 1 is 1.33 bits per heavy atom. The van der Waals surface area contributed by atoms with Crippen molar-refractivity contribution in [1.29, 1.82) is 0 Å². The third kappa shape index (κ3) is 3.51. The summed E-state index contributed by atoms with van der Waals surface area (Å²) in [6, 6.07) is 6.57. The van der Waals surface area contributed by atoms with Crippen molar-refractivity contribution in [2.45, 2.75) is 18.5 Å². The topological polar surface area (TPSA) is 30.5 Å². The van der Waals surface area contributed by atoms with E-state index >= 15 is 0 Å². The molecule has 1 fully saturated rings. The lowest BCUT2D eigenvalue weighted by Crippen LogP contribution is -2.38. The minimum absolute atomic E-state index is 0.0568. The number of alkyl halides is 3. The zero-order valence-electron chi connectivity index (χ0n) is 9.21. The van der Waals surface area contributed by atoms with Gasteiger partial charge in [0.1, 0.15) is 18.5 Å². The van der Waals surface area contributed by atoms with Crippen LogP contribution in [0.25, 0.3) is 0 Å². The molecule has 0 unspecified atom stereocenters. The fourth-order valence-corrected chi connectivity index (χ4v) is 1.66. The summed E-state index contributed by atoms with van der Waals surface area (Å²) in [6.07, 6.45) is -6.92. The number of benzene rings is 1. The smallest absolute Gasteiger partial charge is 0.428 e. The maximum Gasteiger partial charge on any atom is 0.428 e. The molecule has 0 spiro atoms. The molecule has 0 aliphatic carbocycles. The van der Waals surface area contributed by atoms with Gasteiger partial charge in [-0.1, -0.05) is 11.6 Å². The lowest BCUT2D eigenvalue weighted by molar-refractivity contribution is -0.221. The Balaban J connectivity index is 1.80. The third-order valence-corrected chi connectivity index (χ3v) is 2.66. The van der Waals surface area contributed by atoms with Gasteiger partial charge in [0.05, 0.1) is 0 Å². The van der Waals surface area contributed by atoms with E-state index in [0.29, 0.717) is 10.8 Å². The van der Waals surface area contributed by atoms with E-state index in [-0.39, 0.29) is 13.2 Å². The van der Waals surface area contributed by atoms with Crippen molar-refractivity contribution in [3.63, 3.8) is 0 Å². The molecule has 7 heteroatoms. The number of rotatable bonds is 3. The summed E-state index contributed by atoms with van der Waals surface area (Å²) in [6.45, 7) is 0.166. The first-order valence-corrected chi connectivity index (χ1v) is 5.67. The summed E-state index contributed by atoms with van der Waals surface area (Å²) in [4.78, 5) is 0. The van der Waals surface area contributed by atoms with Gasteiger partial charge < -0.3 is 9.47 Å². The Kier molecular flexibility index (Phi) is 3.99. The van der Waals surface area contributed by atoms with Crippen molar-refractivity contribution in [3.8, 4) is 5.75 Å². The molecule has 1 aliphatic heterocycles. The zero-order chi connectivity index (χ0) is 13.2. The normalized spacial score (nSPS) is 24.2. The van der Waals surface area contributed by atoms with E-state index in [2.05, 4.69) is 5.32 Å². The molecule has 0 saturated carbocycles. The number of nitrogens with one attached hydrogen (secondary N) is 1. The quantitative estimate of drug-likeness (QED) is 0.924. The van der Waals surface area contributed by atoms with Crippen molar-refractivity contribution >= 4 is 11.6 Å². The van der Waals surface area contributed by atoms with E-state index in [1.165, 1.54) is 0 Å². The summed E-state index contributed by atoms with van der Waals surface area (Å²) in [7, 11) is 0. The van der Waals surface area contributed by atoms with E-state index in [4.69, 9.17) is 21.1 Å². The average molecular weight is 282 g/mol. The van der Waals surface area contributed by atoms with Crippen LogP contribution in [0.3, 0.4) is 0 Å². The summed E-state index contributed by atoms with van der Waals surface area (Å²) in [5.41, 5.74) is 0. The molecule has 100 valence electrons. The van der Waals surface area contributed by atoms with Crippen molar-refractivity contribution in [2.24, 2.45) is 0 Å². The van der Waals surface area contributed by atoms with Crippen molar-refractivity contribution in [2.75, 3.05) is 13.2 Å². The fourth-order valence-electron chi connectivity index (χ4n) is 1.54. The molecular weight excluding hydrogens is 271 g/mol. The molecule has 0 bridgehead atoms. The summed E-state index contributed by atoms with van der Waals surface area (Å²) in [5, 5.41) is 2.81. The van der Waals surface area contributed by atoms with Crippen LogP contribution >= 0.6 is 11.6 Å². The number of ether oxygens (including phenoxy) is 2. The molecular formula is C11H11ClF3NO2. The first-order chi connectivity index (χ1) is 8.45. The molecule has 1 aliphatic rings. The molecule has 0 amide bonds. The van der Waals surface area contributed by atoms with Gasteiger partial charge in [0, 0.05) is 11.6 Å². The Morgan fingerprint density at radius 2 is 2.00 bits per heavy atom. The molecule has 1 N–H and O–H groups in total. The SMILES string of the molecule is FC(F)(F)[C@@H]1NC[C@@H](COc2ccc(Cl)cc2)O1. The van der Waals surface area contributed by atoms with Gasteiger partial charge in [-0.3, -0.25) is 5.32 Å². The van der Waals surface area contributed by atoms with Gasteiger partial charge in [0.2, 0.25) is 6.23 Å². The Labute approximate surface area is 107 Å². The molecule has 1 aromatic carbocycles. The lowest BCUT2D eigenvalue weighted by atomic mass is 10.3. The molecule has 1 saturated heterocycles. The van der Waals surface area contributed by atoms with Crippen LogP contribution in [-0.2, 0) is 4.74 Å². The molecule has 2 rings (SSSR count). The molecule has 0 radical (unpaired) electrons. The van der Waals surface area contributed by atoms with E-state index in [1.807, 2.05) is 0 Å². The fraction of sp³-hybridized carbons (Fsp3) is 0.455. The second kappa shape index (κ2) is 5.34. The maximum atomic E-state index is 12.3. The highest BCUT2D eigenvalue weighted by molar-refractivity contribution is 6.30. The van der Waals surface area contributed by atoms with Crippen LogP contribution < -0.4 is 10.1 Å². The minimum Gasteiger partial charge on any atom is -0.491 e. The molecule has 0 aromatic heterocycles. The van der Waals surface area contributed by atoms with Gasteiger partial charge in [-0.05, 0) is 24.3 Å². The van der Waals surface area contributed by atoms with E-state index < -0.39 is 18.5 Å². The van der Waals surface area contributed by atoms with E-state index in [0.717, 1.165) is 0 Å². The molecule has 1 aromatic rings. The van der Waals surface area contributed by atoms with Crippen LogP contribution in [-0.4, -0.2) is 31.7 Å². The van der Waals surface area contributed by atoms with Crippen LogP contribution in [0.2, 0.25) is 5.02 Å². The highest BCUT2D eigenvalue weighted by Gasteiger charge is 2.45. The standard InChI is InChI=1S/C11H11ClF3NO2/c12-7-1-3-8(4-2-7)17-6-9-5-16-10(18-9)11(13,14)15/h1-4,9-10,16H,5-6H2/t9-,10+/m0/s1. The Morgan fingerprint density at radius 3 is 2.56 bits per heavy atom. The Bertz CT molecular complexity index is 396. The highest BCUT2D eigenvalue weighted by Crippen LogP contribution is 2.25. The second-order valence-electron chi connectivity index (χ2n) is 3.85. The van der Waals surface area contributed by atoms with Gasteiger partial charge in [0.15, 0.2) is 0 Å². The first-order valence-electron chi connectivity index (χ1n) is 5.29. The van der Waals surface area contributed by atoms with Crippen molar-refractivity contribution in [1.82, 2.24) is 5.32 Å². The van der Waals surface area contributed by atoms with Crippen molar-refractivity contribution in [3.05, 3.63) is 29.3 Å². The zero-order valence-corrected chi connectivity index (χ0v) is 9.96. The number of halogens is 4. The molecule has 3 nitrogen and oxygen atoms in total. The van der Waals surface area contributed by atoms with Crippen LogP contribution in [0.5, 0.6) is 5.75 Å². The van der Waals surface area contributed by atoms with Crippen LogP contribution in [0.4, 0.5) is 13.2 Å². The van der Waals surface area contributed by atoms with Crippen LogP contribution in [0, 0.1) is 0 Å². The van der Waals surface area contributed by atoms with Gasteiger partial charge in [-0.15, -0.1) is 0 Å². The first kappa shape index (κ1) is 13.5. The monoisotopic (exact) mass is 281 g/mol.